The van der Waals surface area contributed by atoms with Gasteiger partial charge < -0.3 is 5.32 Å². The van der Waals surface area contributed by atoms with Crippen molar-refractivity contribution < 1.29 is 4.39 Å². The smallest absolute Gasteiger partial charge is 0.129 e. The summed E-state index contributed by atoms with van der Waals surface area (Å²) >= 11 is 6.07. The summed E-state index contributed by atoms with van der Waals surface area (Å²) in [5.41, 5.74) is 3.45. The Balaban J connectivity index is 2.20. The van der Waals surface area contributed by atoms with Crippen LogP contribution in [0.3, 0.4) is 0 Å². The van der Waals surface area contributed by atoms with E-state index in [0.29, 0.717) is 28.4 Å². The molecule has 0 aliphatic heterocycles. The van der Waals surface area contributed by atoms with E-state index in [1.54, 1.807) is 13.0 Å². The van der Waals surface area contributed by atoms with E-state index in [2.05, 4.69) is 5.32 Å². The topological polar surface area (TPSA) is 35.8 Å². The molecule has 1 N–H and O–H groups in total. The third-order valence-corrected chi connectivity index (χ3v) is 3.60. The van der Waals surface area contributed by atoms with Gasteiger partial charge in [-0.3, -0.25) is 0 Å². The van der Waals surface area contributed by atoms with Crippen molar-refractivity contribution in [3.63, 3.8) is 0 Å². The molecule has 0 atom stereocenters. The molecule has 0 radical (unpaired) electrons. The van der Waals surface area contributed by atoms with E-state index in [1.165, 1.54) is 6.07 Å². The lowest BCUT2D eigenvalue weighted by molar-refractivity contribution is 0.618. The predicted molar refractivity (Wildman–Crippen MR) is 79.4 cm³/mol. The number of anilines is 1. The molecule has 0 aliphatic carbocycles. The van der Waals surface area contributed by atoms with Crippen molar-refractivity contribution in [2.45, 2.75) is 20.4 Å². The second-order valence-corrected chi connectivity index (χ2v) is 5.09. The SMILES string of the molecule is Cc1ccc(CNc2cc(C#N)cc(F)c2C)cc1Cl. The van der Waals surface area contributed by atoms with Crippen LogP contribution >= 0.6 is 11.6 Å². The lowest BCUT2D eigenvalue weighted by Gasteiger charge is -2.11. The highest BCUT2D eigenvalue weighted by Gasteiger charge is 2.07. The van der Waals surface area contributed by atoms with Crippen molar-refractivity contribution in [3.05, 3.63) is 63.4 Å². The van der Waals surface area contributed by atoms with Crippen LogP contribution in [-0.4, -0.2) is 0 Å². The molecule has 0 amide bonds. The van der Waals surface area contributed by atoms with Gasteiger partial charge in [-0.1, -0.05) is 23.7 Å². The van der Waals surface area contributed by atoms with Crippen LogP contribution in [0, 0.1) is 31.0 Å². The molecule has 0 spiro atoms. The third kappa shape index (κ3) is 3.09. The van der Waals surface area contributed by atoms with Gasteiger partial charge in [0, 0.05) is 22.8 Å². The molecular weight excluding hydrogens is 275 g/mol. The molecule has 0 fully saturated rings. The van der Waals surface area contributed by atoms with E-state index in [1.807, 2.05) is 31.2 Å². The average Bonchev–Trinajstić information content (AvgIpc) is 2.44. The van der Waals surface area contributed by atoms with Crippen molar-refractivity contribution in [2.24, 2.45) is 0 Å². The Morgan fingerprint density at radius 3 is 2.65 bits per heavy atom. The van der Waals surface area contributed by atoms with E-state index >= 15 is 0 Å². The summed E-state index contributed by atoms with van der Waals surface area (Å²) in [5.74, 6) is -0.381. The number of aryl methyl sites for hydroxylation is 1. The summed E-state index contributed by atoms with van der Waals surface area (Å²) in [6.45, 7) is 4.14. The summed E-state index contributed by atoms with van der Waals surface area (Å²) in [6, 6.07) is 10.6. The third-order valence-electron chi connectivity index (χ3n) is 3.19. The van der Waals surface area contributed by atoms with E-state index in [9.17, 15) is 4.39 Å². The van der Waals surface area contributed by atoms with Gasteiger partial charge in [0.2, 0.25) is 0 Å². The largest absolute Gasteiger partial charge is 0.381 e. The maximum atomic E-state index is 13.7. The monoisotopic (exact) mass is 288 g/mol. The fourth-order valence-corrected chi connectivity index (χ4v) is 2.07. The molecule has 4 heteroatoms. The highest BCUT2D eigenvalue weighted by Crippen LogP contribution is 2.22. The second-order valence-electron chi connectivity index (χ2n) is 4.68. The number of nitriles is 1. The number of nitrogens with zero attached hydrogens (tertiary/aromatic N) is 1. The Morgan fingerprint density at radius 2 is 2.00 bits per heavy atom. The van der Waals surface area contributed by atoms with Crippen molar-refractivity contribution in [3.8, 4) is 6.07 Å². The summed E-state index contributed by atoms with van der Waals surface area (Å²) in [6.07, 6.45) is 0. The average molecular weight is 289 g/mol. The summed E-state index contributed by atoms with van der Waals surface area (Å²) < 4.78 is 13.7. The van der Waals surface area contributed by atoms with Crippen LogP contribution in [0.5, 0.6) is 0 Å². The molecule has 0 aromatic heterocycles. The summed E-state index contributed by atoms with van der Waals surface area (Å²) in [4.78, 5) is 0. The van der Waals surface area contributed by atoms with Gasteiger partial charge in [-0.05, 0) is 43.2 Å². The van der Waals surface area contributed by atoms with Crippen LogP contribution in [0.25, 0.3) is 0 Å². The highest BCUT2D eigenvalue weighted by molar-refractivity contribution is 6.31. The maximum Gasteiger partial charge on any atom is 0.129 e. The van der Waals surface area contributed by atoms with Gasteiger partial charge in [-0.2, -0.15) is 5.26 Å². The molecular formula is C16H14ClFN2. The van der Waals surface area contributed by atoms with Crippen LogP contribution in [0.4, 0.5) is 10.1 Å². The first-order valence-electron chi connectivity index (χ1n) is 6.20. The van der Waals surface area contributed by atoms with Gasteiger partial charge in [0.15, 0.2) is 0 Å². The van der Waals surface area contributed by atoms with Gasteiger partial charge in [-0.25, -0.2) is 4.39 Å². The lowest BCUT2D eigenvalue weighted by atomic mass is 10.1. The molecule has 2 nitrogen and oxygen atoms in total. The molecule has 20 heavy (non-hydrogen) atoms. The second kappa shape index (κ2) is 5.94. The molecule has 0 heterocycles. The molecule has 0 aliphatic rings. The number of nitrogens with one attached hydrogen (secondary N) is 1. The Kier molecular flexibility index (Phi) is 4.26. The first kappa shape index (κ1) is 14.4. The summed E-state index contributed by atoms with van der Waals surface area (Å²) in [5, 5.41) is 12.7. The molecule has 2 aromatic rings. The van der Waals surface area contributed by atoms with Crippen molar-refractivity contribution in [1.29, 1.82) is 5.26 Å². The van der Waals surface area contributed by atoms with Crippen molar-refractivity contribution in [1.82, 2.24) is 0 Å². The standard InChI is InChI=1S/C16H14ClFN2/c1-10-3-4-12(5-14(10)17)9-20-16-7-13(8-19)6-15(18)11(16)2/h3-7,20H,9H2,1-2H3. The normalized spacial score (nSPS) is 10.2. The quantitative estimate of drug-likeness (QED) is 0.897. The van der Waals surface area contributed by atoms with E-state index < -0.39 is 0 Å². The van der Waals surface area contributed by atoms with Crippen LogP contribution < -0.4 is 5.32 Å². The number of hydrogen-bond donors (Lipinski definition) is 1. The van der Waals surface area contributed by atoms with E-state index in [0.717, 1.165) is 11.1 Å². The Hall–Kier alpha value is -2.05. The van der Waals surface area contributed by atoms with Gasteiger partial charge in [0.1, 0.15) is 5.82 Å². The van der Waals surface area contributed by atoms with Crippen molar-refractivity contribution in [2.75, 3.05) is 5.32 Å². The molecule has 0 bridgehead atoms. The zero-order valence-corrected chi connectivity index (χ0v) is 12.1. The van der Waals surface area contributed by atoms with Gasteiger partial charge in [0.05, 0.1) is 11.6 Å². The molecule has 102 valence electrons. The van der Waals surface area contributed by atoms with E-state index in [4.69, 9.17) is 16.9 Å². The lowest BCUT2D eigenvalue weighted by Crippen LogP contribution is -2.03. The number of halogens is 2. The molecule has 2 rings (SSSR count). The molecule has 0 unspecified atom stereocenters. The minimum absolute atomic E-state index is 0.303. The molecule has 0 saturated heterocycles. The zero-order chi connectivity index (χ0) is 14.7. The van der Waals surface area contributed by atoms with Crippen LogP contribution in [0.2, 0.25) is 5.02 Å². The Labute approximate surface area is 122 Å². The van der Waals surface area contributed by atoms with Crippen LogP contribution in [-0.2, 0) is 6.54 Å². The zero-order valence-electron chi connectivity index (χ0n) is 11.3. The highest BCUT2D eigenvalue weighted by atomic mass is 35.5. The maximum absolute atomic E-state index is 13.7. The van der Waals surface area contributed by atoms with Gasteiger partial charge in [0.25, 0.3) is 0 Å². The van der Waals surface area contributed by atoms with Crippen LogP contribution in [0.15, 0.2) is 30.3 Å². The van der Waals surface area contributed by atoms with Gasteiger partial charge >= 0.3 is 0 Å². The first-order valence-corrected chi connectivity index (χ1v) is 6.58. The number of hydrogen-bond acceptors (Lipinski definition) is 2. The van der Waals surface area contributed by atoms with Gasteiger partial charge in [-0.15, -0.1) is 0 Å². The summed E-state index contributed by atoms with van der Waals surface area (Å²) in [7, 11) is 0. The minimum atomic E-state index is -0.381. The molecule has 2 aromatic carbocycles. The number of rotatable bonds is 3. The minimum Gasteiger partial charge on any atom is -0.381 e. The Bertz CT molecular complexity index is 690. The first-order chi connectivity index (χ1) is 9.51. The van der Waals surface area contributed by atoms with Crippen LogP contribution in [0.1, 0.15) is 22.3 Å². The Morgan fingerprint density at radius 1 is 1.25 bits per heavy atom. The van der Waals surface area contributed by atoms with Crippen molar-refractivity contribution >= 4 is 17.3 Å². The fourth-order valence-electron chi connectivity index (χ4n) is 1.87. The number of benzene rings is 2. The fraction of sp³-hybridized carbons (Fsp3) is 0.188. The predicted octanol–water partition coefficient (Wildman–Crippen LogP) is 4.58. The van der Waals surface area contributed by atoms with E-state index in [-0.39, 0.29) is 5.82 Å². The molecule has 0 saturated carbocycles.